The minimum Gasteiger partial charge on any atom is -0.488 e. The van der Waals surface area contributed by atoms with Crippen molar-refractivity contribution in [2.45, 2.75) is 51.0 Å². The molecule has 0 saturated heterocycles. The highest BCUT2D eigenvalue weighted by Crippen LogP contribution is 2.31. The largest absolute Gasteiger partial charge is 0.488 e. The molecule has 1 atom stereocenters. The van der Waals surface area contributed by atoms with Crippen LogP contribution in [0.25, 0.3) is 0 Å². The molecule has 1 aliphatic heterocycles. The maximum Gasteiger partial charge on any atom is 0.123 e. The third-order valence-electron chi connectivity index (χ3n) is 4.59. The fourth-order valence-electron chi connectivity index (χ4n) is 3.45. The first kappa shape index (κ1) is 14.2. The average molecular weight is 294 g/mol. The van der Waals surface area contributed by atoms with Gasteiger partial charge in [-0.15, -0.1) is 0 Å². The molecule has 0 aromatic heterocycles. The average Bonchev–Trinajstić information content (AvgIpc) is 2.86. The zero-order valence-electron chi connectivity index (χ0n) is 12.0. The number of hydrogen-bond donors (Lipinski definition) is 1. The van der Waals surface area contributed by atoms with Gasteiger partial charge >= 0.3 is 0 Å². The smallest absolute Gasteiger partial charge is 0.123 e. The molecular weight excluding hydrogens is 270 g/mol. The molecule has 20 heavy (non-hydrogen) atoms. The first-order valence-electron chi connectivity index (χ1n) is 7.97. The van der Waals surface area contributed by atoms with E-state index in [9.17, 15) is 0 Å². The van der Waals surface area contributed by atoms with E-state index in [1.54, 1.807) is 0 Å². The Morgan fingerprint density at radius 3 is 2.90 bits per heavy atom. The van der Waals surface area contributed by atoms with E-state index in [0.29, 0.717) is 0 Å². The van der Waals surface area contributed by atoms with Gasteiger partial charge in [-0.1, -0.05) is 43.7 Å². The van der Waals surface area contributed by atoms with Gasteiger partial charge in [0.15, 0.2) is 0 Å². The van der Waals surface area contributed by atoms with E-state index in [2.05, 4.69) is 5.32 Å². The zero-order chi connectivity index (χ0) is 13.8. The molecule has 1 N–H and O–H groups in total. The van der Waals surface area contributed by atoms with Crippen molar-refractivity contribution in [3.8, 4) is 5.75 Å². The van der Waals surface area contributed by atoms with Crippen LogP contribution in [-0.4, -0.2) is 19.2 Å². The first-order chi connectivity index (χ1) is 9.81. The van der Waals surface area contributed by atoms with Gasteiger partial charge in [-0.2, -0.15) is 0 Å². The molecule has 1 aromatic rings. The molecule has 1 aromatic carbocycles. The topological polar surface area (TPSA) is 21.3 Å². The highest BCUT2D eigenvalue weighted by molar-refractivity contribution is 6.30. The van der Waals surface area contributed by atoms with E-state index in [-0.39, 0.29) is 6.10 Å². The Morgan fingerprint density at radius 1 is 1.20 bits per heavy atom. The van der Waals surface area contributed by atoms with Crippen LogP contribution in [0.3, 0.4) is 0 Å². The number of rotatable bonds is 5. The summed E-state index contributed by atoms with van der Waals surface area (Å²) in [5.74, 6) is 1.96. The molecule has 1 heterocycles. The molecule has 2 aliphatic rings. The second-order valence-corrected chi connectivity index (χ2v) is 6.63. The van der Waals surface area contributed by atoms with Gasteiger partial charge in [0, 0.05) is 18.0 Å². The van der Waals surface area contributed by atoms with Crippen LogP contribution in [0, 0.1) is 5.92 Å². The number of halogens is 1. The maximum atomic E-state index is 6.01. The Bertz CT molecular complexity index is 443. The third-order valence-corrected chi connectivity index (χ3v) is 4.82. The summed E-state index contributed by atoms with van der Waals surface area (Å²) in [6.07, 6.45) is 9.77. The molecule has 2 nitrogen and oxygen atoms in total. The lowest BCUT2D eigenvalue weighted by Crippen LogP contribution is -2.31. The van der Waals surface area contributed by atoms with E-state index in [1.165, 1.54) is 44.1 Å². The van der Waals surface area contributed by atoms with E-state index in [1.807, 2.05) is 18.2 Å². The molecule has 0 bridgehead atoms. The second-order valence-electron chi connectivity index (χ2n) is 6.19. The molecule has 1 fully saturated rings. The summed E-state index contributed by atoms with van der Waals surface area (Å²) in [5.41, 5.74) is 1.25. The van der Waals surface area contributed by atoms with E-state index in [4.69, 9.17) is 16.3 Å². The molecule has 1 aliphatic carbocycles. The van der Waals surface area contributed by atoms with Gasteiger partial charge in [0.25, 0.3) is 0 Å². The van der Waals surface area contributed by atoms with E-state index < -0.39 is 0 Å². The number of hydrogen-bond acceptors (Lipinski definition) is 2. The Morgan fingerprint density at radius 2 is 2.05 bits per heavy atom. The monoisotopic (exact) mass is 293 g/mol. The summed E-state index contributed by atoms with van der Waals surface area (Å²) in [6, 6.07) is 5.91. The minimum absolute atomic E-state index is 0.273. The van der Waals surface area contributed by atoms with Crippen LogP contribution in [0.4, 0.5) is 0 Å². The van der Waals surface area contributed by atoms with Crippen molar-refractivity contribution in [1.82, 2.24) is 5.32 Å². The summed E-state index contributed by atoms with van der Waals surface area (Å²) in [7, 11) is 0. The summed E-state index contributed by atoms with van der Waals surface area (Å²) in [6.45, 7) is 2.07. The number of fused-ring (bicyclic) bond motifs is 1. The van der Waals surface area contributed by atoms with Crippen molar-refractivity contribution in [2.75, 3.05) is 13.1 Å². The molecule has 3 rings (SSSR count). The fourth-order valence-corrected chi connectivity index (χ4v) is 3.64. The van der Waals surface area contributed by atoms with Crippen LogP contribution in [0.15, 0.2) is 18.2 Å². The standard InChI is InChI=1S/C17H24ClNO/c18-15-6-7-17-14(10-15)11-16(20-17)12-19-9-8-13-4-2-1-3-5-13/h6-7,10,13,16,19H,1-5,8-9,11-12H2. The van der Waals surface area contributed by atoms with Crippen LogP contribution in [-0.2, 0) is 6.42 Å². The Balaban J connectivity index is 1.36. The van der Waals surface area contributed by atoms with Crippen molar-refractivity contribution in [2.24, 2.45) is 5.92 Å². The molecule has 1 saturated carbocycles. The summed E-state index contributed by atoms with van der Waals surface area (Å²) < 4.78 is 5.93. The van der Waals surface area contributed by atoms with E-state index in [0.717, 1.165) is 36.2 Å². The van der Waals surface area contributed by atoms with Gasteiger partial charge in [-0.05, 0) is 42.6 Å². The van der Waals surface area contributed by atoms with Crippen molar-refractivity contribution in [3.05, 3.63) is 28.8 Å². The van der Waals surface area contributed by atoms with Crippen molar-refractivity contribution >= 4 is 11.6 Å². The third kappa shape index (κ3) is 3.67. The molecule has 0 spiro atoms. The van der Waals surface area contributed by atoms with Gasteiger partial charge < -0.3 is 10.1 Å². The van der Waals surface area contributed by atoms with Crippen molar-refractivity contribution in [1.29, 1.82) is 0 Å². The highest BCUT2D eigenvalue weighted by atomic mass is 35.5. The molecule has 0 amide bonds. The summed E-state index contributed by atoms with van der Waals surface area (Å²) >= 11 is 6.01. The SMILES string of the molecule is Clc1ccc2c(c1)CC(CNCCC1CCCCC1)O2. The van der Waals surface area contributed by atoms with Crippen molar-refractivity contribution < 1.29 is 4.74 Å². The number of nitrogens with one attached hydrogen (secondary N) is 1. The first-order valence-corrected chi connectivity index (χ1v) is 8.35. The lowest BCUT2D eigenvalue weighted by atomic mass is 9.87. The number of ether oxygens (including phenoxy) is 1. The Kier molecular flexibility index (Phi) is 4.85. The maximum absolute atomic E-state index is 6.01. The molecule has 1 unspecified atom stereocenters. The van der Waals surface area contributed by atoms with Gasteiger partial charge in [0.2, 0.25) is 0 Å². The van der Waals surface area contributed by atoms with Gasteiger partial charge in [-0.25, -0.2) is 0 Å². The zero-order valence-corrected chi connectivity index (χ0v) is 12.8. The van der Waals surface area contributed by atoms with Crippen LogP contribution in [0.1, 0.15) is 44.1 Å². The quantitative estimate of drug-likeness (QED) is 0.822. The predicted octanol–water partition coefficient (Wildman–Crippen LogP) is 4.20. The highest BCUT2D eigenvalue weighted by Gasteiger charge is 2.22. The van der Waals surface area contributed by atoms with Gasteiger partial charge in [0.1, 0.15) is 11.9 Å². The molecule has 0 radical (unpaired) electrons. The lowest BCUT2D eigenvalue weighted by Gasteiger charge is -2.21. The van der Waals surface area contributed by atoms with Crippen LogP contribution in [0.5, 0.6) is 5.75 Å². The molecular formula is C17H24ClNO. The van der Waals surface area contributed by atoms with Gasteiger partial charge in [-0.3, -0.25) is 0 Å². The predicted molar refractivity (Wildman–Crippen MR) is 83.6 cm³/mol. The number of benzene rings is 1. The normalized spacial score (nSPS) is 22.6. The van der Waals surface area contributed by atoms with Crippen molar-refractivity contribution in [3.63, 3.8) is 0 Å². The van der Waals surface area contributed by atoms with E-state index >= 15 is 0 Å². The summed E-state index contributed by atoms with van der Waals surface area (Å²) in [4.78, 5) is 0. The molecule has 110 valence electrons. The Hall–Kier alpha value is -0.730. The van der Waals surface area contributed by atoms with Crippen LogP contribution < -0.4 is 10.1 Å². The summed E-state index contributed by atoms with van der Waals surface area (Å²) in [5, 5.41) is 4.37. The fraction of sp³-hybridized carbons (Fsp3) is 0.647. The Labute approximate surface area is 126 Å². The second kappa shape index (κ2) is 6.82. The van der Waals surface area contributed by atoms with Crippen LogP contribution >= 0.6 is 11.6 Å². The minimum atomic E-state index is 0.273. The lowest BCUT2D eigenvalue weighted by molar-refractivity contribution is 0.225. The van der Waals surface area contributed by atoms with Gasteiger partial charge in [0.05, 0.1) is 0 Å². The molecule has 3 heteroatoms. The van der Waals surface area contributed by atoms with Crippen LogP contribution in [0.2, 0.25) is 5.02 Å².